The van der Waals surface area contributed by atoms with Gasteiger partial charge in [-0.2, -0.15) is 0 Å². The molecule has 1 aromatic heterocycles. The first-order valence-electron chi connectivity index (χ1n) is 6.72. The van der Waals surface area contributed by atoms with Crippen molar-refractivity contribution >= 4 is 0 Å². The zero-order chi connectivity index (χ0) is 11.5. The van der Waals surface area contributed by atoms with E-state index in [0.717, 1.165) is 6.54 Å². The SMILES string of the molecule is CCCCCCCCCC[n+]1cccnc1. The average molecular weight is 221 g/mol. The molecule has 0 radical (unpaired) electrons. The number of hydrogen-bond donors (Lipinski definition) is 0. The van der Waals surface area contributed by atoms with Gasteiger partial charge in [0.05, 0.1) is 12.7 Å². The van der Waals surface area contributed by atoms with Gasteiger partial charge < -0.3 is 0 Å². The third kappa shape index (κ3) is 6.54. The zero-order valence-corrected chi connectivity index (χ0v) is 10.6. The molecule has 16 heavy (non-hydrogen) atoms. The second kappa shape index (κ2) is 9.32. The quantitative estimate of drug-likeness (QED) is 0.460. The van der Waals surface area contributed by atoms with Crippen molar-refractivity contribution in [2.75, 3.05) is 0 Å². The molecule has 0 N–H and O–H groups in total. The Hall–Kier alpha value is -0.920. The van der Waals surface area contributed by atoms with Crippen molar-refractivity contribution in [3.8, 4) is 0 Å². The molecule has 2 nitrogen and oxygen atoms in total. The standard InChI is InChI=1S/C14H25N2/c1-2-3-4-5-6-7-8-9-12-16-13-10-11-15-14-16/h10-11,13-14H,2-9,12H2,1H3/q+1. The van der Waals surface area contributed by atoms with Gasteiger partial charge in [-0.1, -0.05) is 50.4 Å². The fraction of sp³-hybridized carbons (Fsp3) is 0.714. The molecule has 0 aromatic carbocycles. The highest BCUT2D eigenvalue weighted by Crippen LogP contribution is 2.07. The van der Waals surface area contributed by atoms with E-state index in [0.29, 0.717) is 0 Å². The van der Waals surface area contributed by atoms with Gasteiger partial charge in [-0.15, -0.1) is 0 Å². The van der Waals surface area contributed by atoms with Crippen LogP contribution in [0.15, 0.2) is 24.8 Å². The van der Waals surface area contributed by atoms with Gasteiger partial charge in [-0.25, -0.2) is 4.57 Å². The Morgan fingerprint density at radius 3 is 2.25 bits per heavy atom. The lowest BCUT2D eigenvalue weighted by Crippen LogP contribution is -2.32. The molecule has 0 aliphatic rings. The monoisotopic (exact) mass is 221 g/mol. The number of unbranched alkanes of at least 4 members (excludes halogenated alkanes) is 7. The molecule has 0 saturated carbocycles. The highest BCUT2D eigenvalue weighted by Gasteiger charge is 1.96. The molecule has 0 amide bonds. The smallest absolute Gasteiger partial charge is 0.237 e. The van der Waals surface area contributed by atoms with Crippen molar-refractivity contribution in [2.24, 2.45) is 0 Å². The summed E-state index contributed by atoms with van der Waals surface area (Å²) in [7, 11) is 0. The second-order valence-corrected chi connectivity index (χ2v) is 4.47. The molecule has 1 rings (SSSR count). The van der Waals surface area contributed by atoms with Crippen LogP contribution in [0.2, 0.25) is 0 Å². The van der Waals surface area contributed by atoms with Crippen LogP contribution in [-0.2, 0) is 6.54 Å². The highest BCUT2D eigenvalue weighted by molar-refractivity contribution is 4.68. The Bertz CT molecular complexity index is 246. The van der Waals surface area contributed by atoms with Gasteiger partial charge in [0.15, 0.2) is 0 Å². The van der Waals surface area contributed by atoms with Crippen LogP contribution in [0.25, 0.3) is 0 Å². The Labute approximate surface area is 99.7 Å². The summed E-state index contributed by atoms with van der Waals surface area (Å²) in [6.07, 6.45) is 16.9. The maximum absolute atomic E-state index is 4.10. The molecule has 0 unspecified atom stereocenters. The van der Waals surface area contributed by atoms with Crippen LogP contribution >= 0.6 is 0 Å². The molecule has 0 spiro atoms. The van der Waals surface area contributed by atoms with Crippen molar-refractivity contribution in [1.82, 2.24) is 4.98 Å². The van der Waals surface area contributed by atoms with E-state index in [4.69, 9.17) is 0 Å². The lowest BCUT2D eigenvalue weighted by molar-refractivity contribution is -0.700. The summed E-state index contributed by atoms with van der Waals surface area (Å²) >= 11 is 0. The topological polar surface area (TPSA) is 16.8 Å². The minimum absolute atomic E-state index is 1.11. The summed E-state index contributed by atoms with van der Waals surface area (Å²) in [6.45, 7) is 3.38. The number of aromatic nitrogens is 2. The fourth-order valence-electron chi connectivity index (χ4n) is 1.92. The van der Waals surface area contributed by atoms with Crippen molar-refractivity contribution in [1.29, 1.82) is 0 Å². The molecular weight excluding hydrogens is 196 g/mol. The van der Waals surface area contributed by atoms with Crippen LogP contribution in [0.4, 0.5) is 0 Å². The summed E-state index contributed by atoms with van der Waals surface area (Å²) in [6, 6.07) is 1.99. The number of rotatable bonds is 9. The van der Waals surface area contributed by atoms with E-state index in [1.54, 1.807) is 0 Å². The average Bonchev–Trinajstić information content (AvgIpc) is 2.34. The first kappa shape index (κ1) is 13.1. The summed E-state index contributed by atoms with van der Waals surface area (Å²) in [4.78, 5) is 4.10. The van der Waals surface area contributed by atoms with Crippen LogP contribution < -0.4 is 4.57 Å². The lowest BCUT2D eigenvalue weighted by Gasteiger charge is -2.00. The van der Waals surface area contributed by atoms with Crippen LogP contribution in [0.1, 0.15) is 58.3 Å². The van der Waals surface area contributed by atoms with Crippen LogP contribution in [0.5, 0.6) is 0 Å². The van der Waals surface area contributed by atoms with E-state index in [9.17, 15) is 0 Å². The van der Waals surface area contributed by atoms with Crippen molar-refractivity contribution < 1.29 is 4.57 Å². The Morgan fingerprint density at radius 2 is 1.62 bits per heavy atom. The Balaban J connectivity index is 1.89. The molecule has 0 atom stereocenters. The molecule has 90 valence electrons. The maximum Gasteiger partial charge on any atom is 0.286 e. The Morgan fingerprint density at radius 1 is 0.938 bits per heavy atom. The summed E-state index contributed by atoms with van der Waals surface area (Å²) in [5.41, 5.74) is 0. The van der Waals surface area contributed by atoms with E-state index >= 15 is 0 Å². The molecule has 0 aliphatic heterocycles. The molecule has 1 aromatic rings. The van der Waals surface area contributed by atoms with Gasteiger partial charge >= 0.3 is 0 Å². The van der Waals surface area contributed by atoms with Crippen molar-refractivity contribution in [3.05, 3.63) is 24.8 Å². The van der Waals surface area contributed by atoms with Crippen molar-refractivity contribution in [3.63, 3.8) is 0 Å². The third-order valence-corrected chi connectivity index (χ3v) is 2.93. The van der Waals surface area contributed by atoms with Crippen LogP contribution in [-0.4, -0.2) is 4.98 Å². The largest absolute Gasteiger partial charge is 0.286 e. The summed E-state index contributed by atoms with van der Waals surface area (Å²) < 4.78 is 2.16. The van der Waals surface area contributed by atoms with Crippen LogP contribution in [0.3, 0.4) is 0 Å². The van der Waals surface area contributed by atoms with E-state index < -0.39 is 0 Å². The fourth-order valence-corrected chi connectivity index (χ4v) is 1.92. The summed E-state index contributed by atoms with van der Waals surface area (Å²) in [5, 5.41) is 0. The molecular formula is C14H25N2+. The molecule has 0 aliphatic carbocycles. The second-order valence-electron chi connectivity index (χ2n) is 4.47. The predicted molar refractivity (Wildman–Crippen MR) is 67.0 cm³/mol. The molecule has 0 saturated heterocycles. The van der Waals surface area contributed by atoms with Gasteiger partial charge in [-0.05, 0) is 12.8 Å². The maximum atomic E-state index is 4.10. The van der Waals surface area contributed by atoms with Gasteiger partial charge in [0.25, 0.3) is 6.33 Å². The number of nitrogens with zero attached hydrogens (tertiary/aromatic N) is 2. The molecule has 1 heterocycles. The van der Waals surface area contributed by atoms with E-state index in [1.807, 2.05) is 18.6 Å². The number of aryl methyl sites for hydroxylation is 1. The van der Waals surface area contributed by atoms with Gasteiger partial charge in [-0.3, -0.25) is 0 Å². The molecule has 2 heteroatoms. The van der Waals surface area contributed by atoms with Gasteiger partial charge in [0, 0.05) is 6.07 Å². The lowest BCUT2D eigenvalue weighted by atomic mass is 10.1. The van der Waals surface area contributed by atoms with E-state index in [-0.39, 0.29) is 0 Å². The molecule has 0 fully saturated rings. The number of hydrogen-bond acceptors (Lipinski definition) is 1. The first-order chi connectivity index (χ1) is 7.93. The highest BCUT2D eigenvalue weighted by atomic mass is 15.0. The van der Waals surface area contributed by atoms with Gasteiger partial charge in [0.1, 0.15) is 6.20 Å². The van der Waals surface area contributed by atoms with E-state index in [2.05, 4.69) is 22.7 Å². The Kier molecular flexibility index (Phi) is 7.65. The zero-order valence-electron chi connectivity index (χ0n) is 10.6. The molecule has 0 bridgehead atoms. The first-order valence-corrected chi connectivity index (χ1v) is 6.72. The normalized spacial score (nSPS) is 10.6. The van der Waals surface area contributed by atoms with E-state index in [1.165, 1.54) is 51.4 Å². The minimum Gasteiger partial charge on any atom is -0.237 e. The van der Waals surface area contributed by atoms with Crippen LogP contribution in [0, 0.1) is 0 Å². The summed E-state index contributed by atoms with van der Waals surface area (Å²) in [5.74, 6) is 0. The van der Waals surface area contributed by atoms with Gasteiger partial charge in [0.2, 0.25) is 0 Å². The predicted octanol–water partition coefficient (Wildman–Crippen LogP) is 3.51. The minimum atomic E-state index is 1.11. The van der Waals surface area contributed by atoms with Crippen molar-refractivity contribution in [2.45, 2.75) is 64.8 Å². The third-order valence-electron chi connectivity index (χ3n) is 2.93.